The van der Waals surface area contributed by atoms with Gasteiger partial charge in [0.25, 0.3) is 0 Å². The Hall–Kier alpha value is -0.970. The van der Waals surface area contributed by atoms with Crippen LogP contribution in [-0.2, 0) is 15.9 Å². The predicted molar refractivity (Wildman–Crippen MR) is 75.0 cm³/mol. The molecular formula is C16H22FNO2. The molecule has 1 aliphatic heterocycles. The van der Waals surface area contributed by atoms with E-state index in [1.165, 1.54) is 17.7 Å². The zero-order chi connectivity index (χ0) is 13.8. The van der Waals surface area contributed by atoms with Gasteiger partial charge in [0.15, 0.2) is 5.79 Å². The van der Waals surface area contributed by atoms with Crippen LogP contribution in [0.5, 0.6) is 0 Å². The second kappa shape index (κ2) is 6.20. The Balaban J connectivity index is 1.38. The maximum atomic E-state index is 12.8. The molecule has 0 bridgehead atoms. The van der Waals surface area contributed by atoms with Gasteiger partial charge in [-0.05, 0) is 43.5 Å². The minimum absolute atomic E-state index is 0.171. The van der Waals surface area contributed by atoms with Crippen molar-refractivity contribution in [3.63, 3.8) is 0 Å². The Morgan fingerprint density at radius 1 is 1.10 bits per heavy atom. The average molecular weight is 279 g/mol. The van der Waals surface area contributed by atoms with Gasteiger partial charge in [0.05, 0.1) is 13.2 Å². The van der Waals surface area contributed by atoms with Crippen LogP contribution in [0.4, 0.5) is 4.39 Å². The summed E-state index contributed by atoms with van der Waals surface area (Å²) in [6, 6.07) is 7.30. The van der Waals surface area contributed by atoms with E-state index in [4.69, 9.17) is 9.47 Å². The van der Waals surface area contributed by atoms with Crippen LogP contribution >= 0.6 is 0 Å². The molecular weight excluding hydrogens is 257 g/mol. The molecule has 2 aliphatic rings. The first kappa shape index (κ1) is 14.0. The average Bonchev–Trinajstić information content (AvgIpc) is 2.92. The van der Waals surface area contributed by atoms with Crippen LogP contribution in [0, 0.1) is 5.82 Å². The molecule has 0 amide bonds. The van der Waals surface area contributed by atoms with Gasteiger partial charge in [-0.1, -0.05) is 12.1 Å². The van der Waals surface area contributed by atoms with Gasteiger partial charge in [-0.15, -0.1) is 0 Å². The van der Waals surface area contributed by atoms with Crippen molar-refractivity contribution in [1.82, 2.24) is 5.32 Å². The van der Waals surface area contributed by atoms with E-state index in [1.54, 1.807) is 0 Å². The molecule has 0 aromatic heterocycles. The Morgan fingerprint density at radius 2 is 1.75 bits per heavy atom. The summed E-state index contributed by atoms with van der Waals surface area (Å²) >= 11 is 0. The highest BCUT2D eigenvalue weighted by Gasteiger charge is 2.39. The third-order valence-electron chi connectivity index (χ3n) is 4.32. The molecule has 4 heteroatoms. The molecule has 1 aromatic rings. The molecule has 0 unspecified atom stereocenters. The Labute approximate surface area is 119 Å². The lowest BCUT2D eigenvalue weighted by Crippen LogP contribution is -2.42. The second-order valence-corrected chi connectivity index (χ2v) is 5.71. The molecule has 3 rings (SSSR count). The van der Waals surface area contributed by atoms with Crippen molar-refractivity contribution in [3.05, 3.63) is 35.6 Å². The van der Waals surface area contributed by atoms with Gasteiger partial charge in [-0.2, -0.15) is 0 Å². The maximum Gasteiger partial charge on any atom is 0.168 e. The van der Waals surface area contributed by atoms with E-state index >= 15 is 0 Å². The zero-order valence-electron chi connectivity index (χ0n) is 11.7. The fraction of sp³-hybridized carbons (Fsp3) is 0.625. The van der Waals surface area contributed by atoms with E-state index in [-0.39, 0.29) is 11.6 Å². The third-order valence-corrected chi connectivity index (χ3v) is 4.32. The maximum absolute atomic E-state index is 12.8. The number of rotatable bonds is 4. The molecule has 1 saturated carbocycles. The number of hydrogen-bond acceptors (Lipinski definition) is 3. The highest BCUT2D eigenvalue weighted by atomic mass is 19.1. The molecule has 3 nitrogen and oxygen atoms in total. The van der Waals surface area contributed by atoms with E-state index in [9.17, 15) is 4.39 Å². The molecule has 1 aromatic carbocycles. The summed E-state index contributed by atoms with van der Waals surface area (Å²) in [7, 11) is 0. The lowest BCUT2D eigenvalue weighted by Gasteiger charge is -2.35. The second-order valence-electron chi connectivity index (χ2n) is 5.71. The van der Waals surface area contributed by atoms with Crippen molar-refractivity contribution in [1.29, 1.82) is 0 Å². The SMILES string of the molecule is Fc1ccc(CCNC2CCC3(CC2)OCCO3)cc1. The molecule has 110 valence electrons. The number of ether oxygens (including phenoxy) is 2. The van der Waals surface area contributed by atoms with Crippen molar-refractivity contribution in [2.75, 3.05) is 19.8 Å². The summed E-state index contributed by atoms with van der Waals surface area (Å²) in [5, 5.41) is 3.59. The number of nitrogens with one attached hydrogen (secondary N) is 1. The van der Waals surface area contributed by atoms with Gasteiger partial charge in [0.1, 0.15) is 5.82 Å². The fourth-order valence-electron chi connectivity index (χ4n) is 3.12. The summed E-state index contributed by atoms with van der Waals surface area (Å²) in [6.07, 6.45) is 5.12. The quantitative estimate of drug-likeness (QED) is 0.919. The van der Waals surface area contributed by atoms with E-state index in [0.717, 1.165) is 51.9 Å². The Morgan fingerprint density at radius 3 is 2.40 bits per heavy atom. The minimum atomic E-state index is -0.269. The molecule has 1 N–H and O–H groups in total. The normalized spacial score (nSPS) is 22.4. The molecule has 1 spiro atoms. The predicted octanol–water partition coefficient (Wildman–Crippen LogP) is 2.64. The Kier molecular flexibility index (Phi) is 4.34. The van der Waals surface area contributed by atoms with Gasteiger partial charge in [-0.3, -0.25) is 0 Å². The van der Waals surface area contributed by atoms with Gasteiger partial charge in [0.2, 0.25) is 0 Å². The van der Waals surface area contributed by atoms with Gasteiger partial charge in [0, 0.05) is 18.9 Å². The van der Waals surface area contributed by atoms with Crippen molar-refractivity contribution in [2.24, 2.45) is 0 Å². The van der Waals surface area contributed by atoms with Crippen LogP contribution in [0.15, 0.2) is 24.3 Å². The van der Waals surface area contributed by atoms with Crippen molar-refractivity contribution < 1.29 is 13.9 Å². The van der Waals surface area contributed by atoms with Gasteiger partial charge in [-0.25, -0.2) is 4.39 Å². The summed E-state index contributed by atoms with van der Waals surface area (Å²) in [6.45, 7) is 2.41. The van der Waals surface area contributed by atoms with Crippen LogP contribution in [0.25, 0.3) is 0 Å². The topological polar surface area (TPSA) is 30.5 Å². The molecule has 1 saturated heterocycles. The number of benzene rings is 1. The number of hydrogen-bond donors (Lipinski definition) is 1. The molecule has 1 heterocycles. The van der Waals surface area contributed by atoms with Crippen LogP contribution in [0.3, 0.4) is 0 Å². The minimum Gasteiger partial charge on any atom is -0.348 e. The zero-order valence-corrected chi connectivity index (χ0v) is 11.7. The molecule has 0 atom stereocenters. The first-order chi connectivity index (χ1) is 9.76. The lowest BCUT2D eigenvalue weighted by atomic mass is 9.90. The number of halogens is 1. The summed E-state index contributed by atoms with van der Waals surface area (Å²) < 4.78 is 24.3. The first-order valence-corrected chi connectivity index (χ1v) is 7.52. The lowest BCUT2D eigenvalue weighted by molar-refractivity contribution is -0.179. The van der Waals surface area contributed by atoms with Crippen LogP contribution in [0.2, 0.25) is 0 Å². The largest absolute Gasteiger partial charge is 0.348 e. The monoisotopic (exact) mass is 279 g/mol. The highest BCUT2D eigenvalue weighted by Crippen LogP contribution is 2.35. The van der Waals surface area contributed by atoms with Crippen molar-refractivity contribution in [2.45, 2.75) is 43.9 Å². The molecule has 2 fully saturated rings. The Bertz CT molecular complexity index is 419. The molecule has 20 heavy (non-hydrogen) atoms. The van der Waals surface area contributed by atoms with E-state index in [0.29, 0.717) is 6.04 Å². The van der Waals surface area contributed by atoms with Crippen LogP contribution < -0.4 is 5.32 Å². The first-order valence-electron chi connectivity index (χ1n) is 7.52. The summed E-state index contributed by atoms with van der Waals surface area (Å²) in [5.41, 5.74) is 1.17. The molecule has 1 aliphatic carbocycles. The van der Waals surface area contributed by atoms with Gasteiger partial charge < -0.3 is 14.8 Å². The van der Waals surface area contributed by atoms with Crippen LogP contribution in [-0.4, -0.2) is 31.6 Å². The third kappa shape index (κ3) is 3.37. The van der Waals surface area contributed by atoms with Crippen molar-refractivity contribution >= 4 is 0 Å². The standard InChI is InChI=1S/C16H22FNO2/c17-14-3-1-13(2-4-14)7-10-18-15-5-8-16(9-6-15)19-11-12-20-16/h1-4,15,18H,5-12H2. The van der Waals surface area contributed by atoms with Gasteiger partial charge >= 0.3 is 0 Å². The molecule has 0 radical (unpaired) electrons. The summed E-state index contributed by atoms with van der Waals surface area (Å²) in [5.74, 6) is -0.439. The highest BCUT2D eigenvalue weighted by molar-refractivity contribution is 5.16. The van der Waals surface area contributed by atoms with Crippen molar-refractivity contribution in [3.8, 4) is 0 Å². The van der Waals surface area contributed by atoms with E-state index in [2.05, 4.69) is 5.32 Å². The smallest absolute Gasteiger partial charge is 0.168 e. The van der Waals surface area contributed by atoms with Crippen LogP contribution in [0.1, 0.15) is 31.2 Å². The fourth-order valence-corrected chi connectivity index (χ4v) is 3.12. The summed E-state index contributed by atoms with van der Waals surface area (Å²) in [4.78, 5) is 0. The van der Waals surface area contributed by atoms with E-state index in [1.807, 2.05) is 12.1 Å². The van der Waals surface area contributed by atoms with E-state index < -0.39 is 0 Å².